The first-order valence-electron chi connectivity index (χ1n) is 4.36. The van der Waals surface area contributed by atoms with E-state index in [1.165, 1.54) is 0 Å². The van der Waals surface area contributed by atoms with E-state index in [1.807, 2.05) is 10.5 Å². The molecule has 0 bridgehead atoms. The van der Waals surface area contributed by atoms with E-state index < -0.39 is 5.97 Å². The van der Waals surface area contributed by atoms with Crippen LogP contribution < -0.4 is 16.7 Å². The number of rotatable bonds is 4. The zero-order valence-electron chi connectivity index (χ0n) is 7.78. The molecule has 1 heterocycles. The third-order valence-electron chi connectivity index (χ3n) is 1.92. The van der Waals surface area contributed by atoms with Crippen LogP contribution in [0.25, 0.3) is 0 Å². The van der Waals surface area contributed by atoms with Crippen molar-refractivity contribution in [2.75, 3.05) is 26.2 Å². The van der Waals surface area contributed by atoms with Gasteiger partial charge in [0, 0.05) is 19.6 Å². The molecule has 0 spiro atoms. The van der Waals surface area contributed by atoms with Gasteiger partial charge in [0.1, 0.15) is 0 Å². The van der Waals surface area contributed by atoms with E-state index in [2.05, 4.69) is 10.2 Å². The van der Waals surface area contributed by atoms with E-state index in [-0.39, 0.29) is 12.3 Å². The van der Waals surface area contributed by atoms with Crippen LogP contribution in [0.2, 0.25) is 0 Å². The number of nitrogens with two attached hydrogens (primary N) is 1. The Balaban J connectivity index is 2.17. The maximum atomic E-state index is 10.9. The second kappa shape index (κ2) is 5.53. The minimum Gasteiger partial charge on any atom is -0.356 e. The Morgan fingerprint density at radius 3 is 3.14 bits per heavy atom. The predicted octanol–water partition coefficient (Wildman–Crippen LogP) is -2.27. The molecule has 0 aromatic heterocycles. The van der Waals surface area contributed by atoms with E-state index in [4.69, 9.17) is 5.84 Å². The molecule has 0 aromatic carbocycles. The van der Waals surface area contributed by atoms with E-state index >= 15 is 0 Å². The molecule has 4 N–H and O–H groups in total. The molecule has 7 heteroatoms. The number of amides is 1. The lowest BCUT2D eigenvalue weighted by atomic mass is 10.3. The van der Waals surface area contributed by atoms with Gasteiger partial charge in [-0.3, -0.25) is 14.5 Å². The standard InChI is InChI=1S/C7H14N4O3/c8-10-14-7(13)1-3-11-4-2-9-6(12)5-11/h10H,1-5,8H2,(H,9,12). The van der Waals surface area contributed by atoms with Crippen LogP contribution in [0.4, 0.5) is 0 Å². The van der Waals surface area contributed by atoms with Crippen LogP contribution in [-0.2, 0) is 14.4 Å². The maximum absolute atomic E-state index is 10.9. The van der Waals surface area contributed by atoms with Crippen LogP contribution in [-0.4, -0.2) is 43.0 Å². The summed E-state index contributed by atoms with van der Waals surface area (Å²) in [5, 5.41) is 2.70. The van der Waals surface area contributed by atoms with Crippen molar-refractivity contribution in [2.24, 2.45) is 5.84 Å². The molecule has 0 aliphatic carbocycles. The number of hydrogen-bond donors (Lipinski definition) is 3. The fraction of sp³-hybridized carbons (Fsp3) is 0.714. The molecule has 7 nitrogen and oxygen atoms in total. The van der Waals surface area contributed by atoms with Gasteiger partial charge in [-0.2, -0.15) is 0 Å². The Bertz CT molecular complexity index is 221. The van der Waals surface area contributed by atoms with Crippen molar-refractivity contribution in [3.63, 3.8) is 0 Å². The molecule has 0 radical (unpaired) electrons. The van der Waals surface area contributed by atoms with Gasteiger partial charge >= 0.3 is 5.97 Å². The molecule has 0 aromatic rings. The third-order valence-corrected chi connectivity index (χ3v) is 1.92. The van der Waals surface area contributed by atoms with Crippen LogP contribution in [0.3, 0.4) is 0 Å². The quantitative estimate of drug-likeness (QED) is 0.351. The van der Waals surface area contributed by atoms with Gasteiger partial charge < -0.3 is 10.2 Å². The molecule has 1 aliphatic heterocycles. The lowest BCUT2D eigenvalue weighted by Crippen LogP contribution is -2.48. The minimum absolute atomic E-state index is 0.0124. The highest BCUT2D eigenvalue weighted by atomic mass is 16.7. The summed E-state index contributed by atoms with van der Waals surface area (Å²) in [5.74, 6) is 4.35. The van der Waals surface area contributed by atoms with Crippen LogP contribution in [0.5, 0.6) is 0 Å². The van der Waals surface area contributed by atoms with Crippen LogP contribution in [0, 0.1) is 0 Å². The average molecular weight is 202 g/mol. The van der Waals surface area contributed by atoms with E-state index in [0.717, 1.165) is 6.54 Å². The van der Waals surface area contributed by atoms with Gasteiger partial charge in [-0.1, -0.05) is 5.59 Å². The summed E-state index contributed by atoms with van der Waals surface area (Å²) >= 11 is 0. The van der Waals surface area contributed by atoms with E-state index in [0.29, 0.717) is 19.6 Å². The lowest BCUT2D eigenvalue weighted by Gasteiger charge is -2.25. The van der Waals surface area contributed by atoms with Crippen molar-refractivity contribution in [3.8, 4) is 0 Å². The first kappa shape index (κ1) is 10.9. The Hall–Kier alpha value is -1.18. The van der Waals surface area contributed by atoms with Crippen molar-refractivity contribution in [2.45, 2.75) is 6.42 Å². The van der Waals surface area contributed by atoms with Gasteiger partial charge in [0.2, 0.25) is 5.91 Å². The number of nitrogens with one attached hydrogen (secondary N) is 2. The van der Waals surface area contributed by atoms with Crippen molar-refractivity contribution in [1.82, 2.24) is 15.8 Å². The first-order chi connectivity index (χ1) is 6.72. The van der Waals surface area contributed by atoms with Gasteiger partial charge in [-0.15, -0.1) is 0 Å². The highest BCUT2D eigenvalue weighted by Crippen LogP contribution is 1.95. The van der Waals surface area contributed by atoms with Crippen molar-refractivity contribution in [3.05, 3.63) is 0 Å². The summed E-state index contributed by atoms with van der Waals surface area (Å²) in [5.41, 5.74) is 1.82. The molecule has 0 saturated carbocycles. The third kappa shape index (κ3) is 3.69. The number of carbonyl (C=O) groups is 2. The molecular formula is C7H14N4O3. The summed E-state index contributed by atoms with van der Waals surface area (Å²) in [7, 11) is 0. The van der Waals surface area contributed by atoms with Crippen LogP contribution in [0.1, 0.15) is 6.42 Å². The summed E-state index contributed by atoms with van der Waals surface area (Å²) in [6.45, 7) is 2.23. The fourth-order valence-electron chi connectivity index (χ4n) is 1.25. The Labute approximate surface area is 81.5 Å². The summed E-state index contributed by atoms with van der Waals surface area (Å²) in [6.07, 6.45) is 0.220. The second-order valence-electron chi connectivity index (χ2n) is 2.97. The minimum atomic E-state index is -0.432. The van der Waals surface area contributed by atoms with Crippen molar-refractivity contribution >= 4 is 11.9 Å². The van der Waals surface area contributed by atoms with Crippen molar-refractivity contribution < 1.29 is 14.4 Å². The van der Waals surface area contributed by atoms with E-state index in [9.17, 15) is 9.59 Å². The maximum Gasteiger partial charge on any atom is 0.327 e. The van der Waals surface area contributed by atoms with Gasteiger partial charge in [-0.25, -0.2) is 5.84 Å². The molecule has 1 fully saturated rings. The Morgan fingerprint density at radius 2 is 2.50 bits per heavy atom. The molecule has 1 saturated heterocycles. The molecular weight excluding hydrogens is 188 g/mol. The first-order valence-corrected chi connectivity index (χ1v) is 4.36. The Kier molecular flexibility index (Phi) is 4.30. The topological polar surface area (TPSA) is 96.7 Å². The smallest absolute Gasteiger partial charge is 0.327 e. The average Bonchev–Trinajstić information content (AvgIpc) is 2.15. The van der Waals surface area contributed by atoms with Crippen LogP contribution >= 0.6 is 0 Å². The van der Waals surface area contributed by atoms with Gasteiger partial charge in [-0.05, 0) is 0 Å². The molecule has 14 heavy (non-hydrogen) atoms. The molecule has 80 valence electrons. The van der Waals surface area contributed by atoms with E-state index in [1.54, 1.807) is 0 Å². The normalized spacial score (nSPS) is 17.6. The van der Waals surface area contributed by atoms with Crippen molar-refractivity contribution in [1.29, 1.82) is 0 Å². The van der Waals surface area contributed by atoms with Gasteiger partial charge in [0.05, 0.1) is 13.0 Å². The van der Waals surface area contributed by atoms with Crippen LogP contribution in [0.15, 0.2) is 0 Å². The zero-order valence-corrected chi connectivity index (χ0v) is 7.78. The molecule has 1 aliphatic rings. The second-order valence-corrected chi connectivity index (χ2v) is 2.97. The number of piperazine rings is 1. The monoisotopic (exact) mass is 202 g/mol. The zero-order chi connectivity index (χ0) is 10.4. The largest absolute Gasteiger partial charge is 0.356 e. The van der Waals surface area contributed by atoms with Gasteiger partial charge in [0.25, 0.3) is 0 Å². The highest BCUT2D eigenvalue weighted by Gasteiger charge is 2.16. The predicted molar refractivity (Wildman–Crippen MR) is 47.5 cm³/mol. The Morgan fingerprint density at radius 1 is 1.71 bits per heavy atom. The molecule has 0 atom stereocenters. The number of carbonyl (C=O) groups excluding carboxylic acids is 2. The number of nitrogens with zero attached hydrogens (tertiary/aromatic N) is 1. The fourth-order valence-corrected chi connectivity index (χ4v) is 1.25. The summed E-state index contributed by atoms with van der Waals surface area (Å²) in [4.78, 5) is 28.0. The number of hydrazine groups is 1. The lowest BCUT2D eigenvalue weighted by molar-refractivity contribution is -0.151. The SMILES string of the molecule is NNOC(=O)CCN1CCNC(=O)C1. The summed E-state index contributed by atoms with van der Waals surface area (Å²) < 4.78 is 0. The summed E-state index contributed by atoms with van der Waals surface area (Å²) in [6, 6.07) is 0. The molecule has 0 unspecified atom stereocenters. The molecule has 1 amide bonds. The molecule has 1 rings (SSSR count). The number of hydrogen-bond acceptors (Lipinski definition) is 6. The van der Waals surface area contributed by atoms with Gasteiger partial charge in [0.15, 0.2) is 0 Å². The highest BCUT2D eigenvalue weighted by molar-refractivity contribution is 5.78.